The predicted molar refractivity (Wildman–Crippen MR) is 105 cm³/mol. The highest BCUT2D eigenvalue weighted by Crippen LogP contribution is 2.33. The molecule has 27 heavy (non-hydrogen) atoms. The number of nitriles is 1. The van der Waals surface area contributed by atoms with Gasteiger partial charge in [-0.1, -0.05) is 6.08 Å². The maximum absolute atomic E-state index is 12.4. The van der Waals surface area contributed by atoms with Crippen LogP contribution in [0.5, 0.6) is 5.75 Å². The van der Waals surface area contributed by atoms with E-state index in [-0.39, 0.29) is 11.9 Å². The van der Waals surface area contributed by atoms with Crippen LogP contribution in [-0.4, -0.2) is 42.0 Å². The number of carbonyl (C=O) groups excluding carboxylic acids is 1. The van der Waals surface area contributed by atoms with Gasteiger partial charge in [-0.05, 0) is 39.4 Å². The zero-order chi connectivity index (χ0) is 19.4. The third-order valence-electron chi connectivity index (χ3n) is 4.74. The van der Waals surface area contributed by atoms with Crippen molar-refractivity contribution >= 4 is 28.2 Å². The summed E-state index contributed by atoms with van der Waals surface area (Å²) in [4.78, 5) is 18.9. The van der Waals surface area contributed by atoms with Crippen LogP contribution in [0.3, 0.4) is 0 Å². The summed E-state index contributed by atoms with van der Waals surface area (Å²) in [7, 11) is 2.05. The lowest BCUT2D eigenvalue weighted by Gasteiger charge is -2.15. The number of nitrogens with one attached hydrogen (secondary N) is 1. The Morgan fingerprint density at radius 2 is 2.37 bits per heavy atom. The Morgan fingerprint density at radius 1 is 1.56 bits per heavy atom. The molecule has 7 heteroatoms. The number of fused-ring (bicyclic) bond motifs is 1. The molecule has 140 valence electrons. The van der Waals surface area contributed by atoms with E-state index in [1.54, 1.807) is 18.2 Å². The molecule has 0 bridgehead atoms. The van der Waals surface area contributed by atoms with Crippen molar-refractivity contribution in [1.29, 1.82) is 5.26 Å². The van der Waals surface area contributed by atoms with E-state index in [9.17, 15) is 4.79 Å². The van der Waals surface area contributed by atoms with E-state index in [0.29, 0.717) is 40.2 Å². The van der Waals surface area contributed by atoms with Gasteiger partial charge in [0.1, 0.15) is 11.8 Å². The minimum Gasteiger partial charge on any atom is -0.492 e. The number of amides is 1. The lowest BCUT2D eigenvalue weighted by atomic mass is 10.1. The Balaban J connectivity index is 1.90. The Bertz CT molecular complexity index is 932. The maximum Gasteiger partial charge on any atom is 0.248 e. The van der Waals surface area contributed by atoms with Crippen molar-refractivity contribution < 1.29 is 9.53 Å². The number of hydrogen-bond donors (Lipinski definition) is 2. The van der Waals surface area contributed by atoms with Crippen LogP contribution in [-0.2, 0) is 4.79 Å². The van der Waals surface area contributed by atoms with Gasteiger partial charge in [-0.3, -0.25) is 14.7 Å². The highest BCUT2D eigenvalue weighted by molar-refractivity contribution is 6.04. The molecule has 1 atom stereocenters. The van der Waals surface area contributed by atoms with E-state index in [0.717, 1.165) is 19.4 Å². The topological polar surface area (TPSA) is 104 Å². The van der Waals surface area contributed by atoms with Crippen LogP contribution in [0.25, 0.3) is 10.9 Å². The van der Waals surface area contributed by atoms with Crippen LogP contribution in [0.2, 0.25) is 0 Å². The zero-order valence-corrected chi connectivity index (χ0v) is 15.5. The van der Waals surface area contributed by atoms with Crippen molar-refractivity contribution in [3.63, 3.8) is 0 Å². The van der Waals surface area contributed by atoms with E-state index in [2.05, 4.69) is 22.2 Å². The summed E-state index contributed by atoms with van der Waals surface area (Å²) in [5.74, 6) is 0.278. The normalized spacial score (nSPS) is 17.3. The Morgan fingerprint density at radius 3 is 3.04 bits per heavy atom. The molecule has 1 fully saturated rings. The number of ether oxygens (including phenoxy) is 1. The summed E-state index contributed by atoms with van der Waals surface area (Å²) in [6.07, 6.45) is 7.11. The van der Waals surface area contributed by atoms with Crippen molar-refractivity contribution in [2.75, 3.05) is 31.2 Å². The van der Waals surface area contributed by atoms with Gasteiger partial charge in [0.2, 0.25) is 5.91 Å². The number of rotatable bonds is 5. The van der Waals surface area contributed by atoms with Crippen molar-refractivity contribution in [1.82, 2.24) is 9.88 Å². The molecule has 7 nitrogen and oxygen atoms in total. The van der Waals surface area contributed by atoms with Crippen molar-refractivity contribution in [2.24, 2.45) is 0 Å². The summed E-state index contributed by atoms with van der Waals surface area (Å²) in [6.45, 7) is 3.36. The first kappa shape index (κ1) is 18.7. The number of carbonyl (C=O) groups is 1. The van der Waals surface area contributed by atoms with Gasteiger partial charge < -0.3 is 15.8 Å². The molecule has 3 N–H and O–H groups in total. The molecular formula is C20H23N5O2. The molecule has 1 saturated heterocycles. The van der Waals surface area contributed by atoms with Crippen LogP contribution in [0, 0.1) is 11.3 Å². The van der Waals surface area contributed by atoms with Crippen LogP contribution >= 0.6 is 0 Å². The predicted octanol–water partition coefficient (Wildman–Crippen LogP) is 2.68. The molecule has 1 aliphatic rings. The molecule has 1 aromatic heterocycles. The number of pyridine rings is 1. The minimum atomic E-state index is -0.237. The number of nitrogens with two attached hydrogens (primary N) is 1. The summed E-state index contributed by atoms with van der Waals surface area (Å²) in [5, 5.41) is 12.6. The third kappa shape index (κ3) is 4.01. The maximum atomic E-state index is 12.4. The number of nitrogen functional groups attached to an aromatic ring is 1. The lowest BCUT2D eigenvalue weighted by Crippen LogP contribution is -2.23. The van der Waals surface area contributed by atoms with Crippen molar-refractivity contribution in [2.45, 2.75) is 25.8 Å². The number of likely N-dealkylation sites (N-methyl/N-ethyl adjacent to an activating group) is 1. The molecule has 3 rings (SSSR count). The Hall–Kier alpha value is -3.11. The summed E-state index contributed by atoms with van der Waals surface area (Å²) < 4.78 is 5.64. The molecule has 0 unspecified atom stereocenters. The standard InChI is InChI=1S/C20H23N5O2/c1-3-27-18-10-16-15(20(22)13(11-21)12-23-16)9-17(18)24-19(26)7-6-14-5-4-8-25(14)2/h6-7,9-10,12,14H,3-5,8H2,1-2H3,(H2,22,23)(H,24,26)/b7-6+/t14-/m1/s1. The monoisotopic (exact) mass is 365 g/mol. The average Bonchev–Trinajstić information content (AvgIpc) is 3.06. The smallest absolute Gasteiger partial charge is 0.248 e. The number of nitrogens with zero attached hydrogens (tertiary/aromatic N) is 3. The summed E-state index contributed by atoms with van der Waals surface area (Å²) in [6, 6.07) is 5.74. The fourth-order valence-corrected chi connectivity index (χ4v) is 3.25. The molecule has 2 heterocycles. The van der Waals surface area contributed by atoms with Crippen LogP contribution < -0.4 is 15.8 Å². The van der Waals surface area contributed by atoms with Crippen molar-refractivity contribution in [3.8, 4) is 11.8 Å². The molecule has 0 saturated carbocycles. The number of hydrogen-bond acceptors (Lipinski definition) is 6. The molecule has 1 aliphatic heterocycles. The second-order valence-electron chi connectivity index (χ2n) is 6.53. The fourth-order valence-electron chi connectivity index (χ4n) is 3.25. The molecule has 0 spiro atoms. The first-order valence-corrected chi connectivity index (χ1v) is 8.98. The van der Waals surface area contributed by atoms with Gasteiger partial charge in [-0.2, -0.15) is 5.26 Å². The number of likely N-dealkylation sites (tertiary alicyclic amines) is 1. The van der Waals surface area contributed by atoms with Gasteiger partial charge >= 0.3 is 0 Å². The van der Waals surface area contributed by atoms with Crippen LogP contribution in [0.1, 0.15) is 25.3 Å². The average molecular weight is 365 g/mol. The molecule has 2 aromatic rings. The highest BCUT2D eigenvalue weighted by Gasteiger charge is 2.18. The van der Waals surface area contributed by atoms with E-state index in [4.69, 9.17) is 15.7 Å². The van der Waals surface area contributed by atoms with Crippen LogP contribution in [0.15, 0.2) is 30.5 Å². The van der Waals surface area contributed by atoms with Crippen LogP contribution in [0.4, 0.5) is 11.4 Å². The summed E-state index contributed by atoms with van der Waals surface area (Å²) >= 11 is 0. The first-order valence-electron chi connectivity index (χ1n) is 8.98. The third-order valence-corrected chi connectivity index (χ3v) is 4.74. The minimum absolute atomic E-state index is 0.237. The first-order chi connectivity index (χ1) is 13.0. The van der Waals surface area contributed by atoms with E-state index in [1.165, 1.54) is 6.20 Å². The van der Waals surface area contributed by atoms with E-state index < -0.39 is 0 Å². The number of aromatic nitrogens is 1. The molecule has 0 radical (unpaired) electrons. The number of anilines is 2. The van der Waals surface area contributed by atoms with Gasteiger partial charge in [0.25, 0.3) is 0 Å². The second-order valence-corrected chi connectivity index (χ2v) is 6.53. The Kier molecular flexibility index (Phi) is 5.57. The number of benzene rings is 1. The van der Waals surface area contributed by atoms with Gasteiger partial charge in [-0.15, -0.1) is 0 Å². The quantitative estimate of drug-likeness (QED) is 0.790. The second kappa shape index (κ2) is 8.06. The zero-order valence-electron chi connectivity index (χ0n) is 15.5. The fraction of sp³-hybridized carbons (Fsp3) is 0.350. The lowest BCUT2D eigenvalue weighted by molar-refractivity contribution is -0.111. The van der Waals surface area contributed by atoms with Gasteiger partial charge in [-0.25, -0.2) is 0 Å². The van der Waals surface area contributed by atoms with E-state index >= 15 is 0 Å². The molecule has 0 aliphatic carbocycles. The SMILES string of the molecule is CCOc1cc2ncc(C#N)c(N)c2cc1NC(=O)/C=C/[C@H]1CCCN1C. The largest absolute Gasteiger partial charge is 0.492 e. The van der Waals surface area contributed by atoms with Gasteiger partial charge in [0.05, 0.1) is 29.1 Å². The highest BCUT2D eigenvalue weighted by atomic mass is 16.5. The summed E-state index contributed by atoms with van der Waals surface area (Å²) in [5.41, 5.74) is 7.82. The van der Waals surface area contributed by atoms with Gasteiger partial charge in [0.15, 0.2) is 0 Å². The van der Waals surface area contributed by atoms with Gasteiger partial charge in [0, 0.05) is 29.8 Å². The molecule has 1 amide bonds. The molecular weight excluding hydrogens is 342 g/mol. The van der Waals surface area contributed by atoms with E-state index in [1.807, 2.05) is 19.1 Å². The molecule has 1 aromatic carbocycles. The van der Waals surface area contributed by atoms with Crippen molar-refractivity contribution in [3.05, 3.63) is 36.0 Å². The Labute approximate surface area is 158 Å².